The lowest BCUT2D eigenvalue weighted by Crippen LogP contribution is -2.29. The van der Waals surface area contributed by atoms with Crippen molar-refractivity contribution in [1.82, 2.24) is 0 Å². The van der Waals surface area contributed by atoms with E-state index in [1.165, 1.54) is 24.3 Å². The first-order valence-corrected chi connectivity index (χ1v) is 12.7. The number of hydrogen-bond acceptors (Lipinski definition) is 4. The van der Waals surface area contributed by atoms with Crippen molar-refractivity contribution in [2.24, 2.45) is 0 Å². The fraction of sp³-hybridized carbons (Fsp3) is 0.174. The first kappa shape index (κ1) is 24.0. The Kier molecular flexibility index (Phi) is 7.73. The summed E-state index contributed by atoms with van der Waals surface area (Å²) >= 11 is 2.18. The second kappa shape index (κ2) is 10.3. The summed E-state index contributed by atoms with van der Waals surface area (Å²) in [6.07, 6.45) is 1.07. The molecule has 1 amide bonds. The summed E-state index contributed by atoms with van der Waals surface area (Å²) in [7, 11) is -3.69. The molecule has 1 N–H and O–H groups in total. The molecule has 0 saturated carbocycles. The summed E-state index contributed by atoms with van der Waals surface area (Å²) in [4.78, 5) is 12.8. The third kappa shape index (κ3) is 6.19. The lowest BCUT2D eigenvalue weighted by molar-refractivity contribution is 0.102. The fourth-order valence-electron chi connectivity index (χ4n) is 3.04. The van der Waals surface area contributed by atoms with E-state index >= 15 is 0 Å². The zero-order valence-electron chi connectivity index (χ0n) is 17.5. The van der Waals surface area contributed by atoms with Gasteiger partial charge in [-0.2, -0.15) is 0 Å². The van der Waals surface area contributed by atoms with Gasteiger partial charge in [0.15, 0.2) is 0 Å². The number of amides is 1. The minimum Gasteiger partial charge on any atom is -0.494 e. The zero-order chi connectivity index (χ0) is 23.3. The van der Waals surface area contributed by atoms with Gasteiger partial charge in [0, 0.05) is 20.4 Å². The zero-order valence-corrected chi connectivity index (χ0v) is 20.5. The van der Waals surface area contributed by atoms with Crippen molar-refractivity contribution < 1.29 is 22.3 Å². The lowest BCUT2D eigenvalue weighted by Gasteiger charge is -2.24. The van der Waals surface area contributed by atoms with Crippen molar-refractivity contribution in [1.29, 1.82) is 0 Å². The highest BCUT2D eigenvalue weighted by molar-refractivity contribution is 14.1. The van der Waals surface area contributed by atoms with Crippen LogP contribution in [-0.2, 0) is 16.6 Å². The van der Waals surface area contributed by atoms with Crippen molar-refractivity contribution in [2.75, 3.05) is 22.5 Å². The highest BCUT2D eigenvalue weighted by Crippen LogP contribution is 2.27. The van der Waals surface area contributed by atoms with Crippen LogP contribution in [0.2, 0.25) is 0 Å². The van der Waals surface area contributed by atoms with Crippen molar-refractivity contribution in [3.05, 3.63) is 87.2 Å². The van der Waals surface area contributed by atoms with Crippen molar-refractivity contribution >= 4 is 49.9 Å². The number of hydrogen-bond donors (Lipinski definition) is 1. The van der Waals surface area contributed by atoms with Crippen molar-refractivity contribution in [2.45, 2.75) is 13.5 Å². The fourth-order valence-corrected chi connectivity index (χ4v) is 4.28. The van der Waals surface area contributed by atoms with E-state index in [4.69, 9.17) is 4.74 Å². The van der Waals surface area contributed by atoms with Crippen LogP contribution < -0.4 is 14.4 Å². The Morgan fingerprint density at radius 1 is 1.06 bits per heavy atom. The number of anilines is 2. The lowest BCUT2D eigenvalue weighted by atomic mass is 10.1. The Hall–Kier alpha value is -2.66. The molecule has 0 unspecified atom stereocenters. The molecule has 0 aromatic heterocycles. The number of benzene rings is 3. The second-order valence-corrected chi connectivity index (χ2v) is 10.1. The molecule has 0 heterocycles. The number of halogens is 2. The highest BCUT2D eigenvalue weighted by Gasteiger charge is 2.21. The molecule has 3 aromatic carbocycles. The maximum atomic E-state index is 13.3. The van der Waals surface area contributed by atoms with E-state index in [1.807, 2.05) is 19.1 Å². The van der Waals surface area contributed by atoms with E-state index in [9.17, 15) is 17.6 Å². The van der Waals surface area contributed by atoms with Gasteiger partial charge < -0.3 is 10.1 Å². The summed E-state index contributed by atoms with van der Waals surface area (Å²) in [5, 5.41) is 2.83. The van der Waals surface area contributed by atoms with Crippen LogP contribution in [0.4, 0.5) is 15.8 Å². The summed E-state index contributed by atoms with van der Waals surface area (Å²) in [5.41, 5.74) is 1.83. The van der Waals surface area contributed by atoms with E-state index in [2.05, 4.69) is 27.9 Å². The smallest absolute Gasteiger partial charge is 0.255 e. The van der Waals surface area contributed by atoms with Gasteiger partial charge in [0.2, 0.25) is 10.0 Å². The van der Waals surface area contributed by atoms with Crippen LogP contribution in [0.1, 0.15) is 22.8 Å². The number of carbonyl (C=O) groups excluding carboxylic acids is 1. The van der Waals surface area contributed by atoms with Gasteiger partial charge in [-0.25, -0.2) is 12.8 Å². The molecule has 0 saturated heterocycles. The predicted molar refractivity (Wildman–Crippen MR) is 132 cm³/mol. The third-order valence-electron chi connectivity index (χ3n) is 4.55. The third-order valence-corrected chi connectivity index (χ3v) is 6.41. The number of rotatable bonds is 8. The standard InChI is InChI=1S/C23H22FIN2O4S/c1-3-31-22-13-4-16(23(28)26-20-9-7-19(25)8-10-20)14-17(22)15-27(32(2,29)30)21-11-5-18(24)6-12-21/h4-14H,3,15H2,1-2H3,(H,26,28). The van der Waals surface area contributed by atoms with E-state index in [1.54, 1.807) is 30.3 Å². The van der Waals surface area contributed by atoms with Crippen LogP contribution >= 0.6 is 22.6 Å². The number of sulfonamides is 1. The second-order valence-electron chi connectivity index (χ2n) is 6.96. The number of nitrogens with one attached hydrogen (secondary N) is 1. The van der Waals surface area contributed by atoms with Gasteiger partial charge in [0.25, 0.3) is 5.91 Å². The average molecular weight is 568 g/mol. The molecule has 168 valence electrons. The first-order chi connectivity index (χ1) is 15.2. The minimum atomic E-state index is -3.69. The summed E-state index contributed by atoms with van der Waals surface area (Å²) in [6.45, 7) is 2.11. The van der Waals surface area contributed by atoms with Gasteiger partial charge in [-0.15, -0.1) is 0 Å². The van der Waals surface area contributed by atoms with E-state index in [0.717, 1.165) is 14.1 Å². The normalized spacial score (nSPS) is 11.1. The van der Waals surface area contributed by atoms with Crippen molar-refractivity contribution in [3.63, 3.8) is 0 Å². The monoisotopic (exact) mass is 568 g/mol. The Morgan fingerprint density at radius 2 is 1.72 bits per heavy atom. The van der Waals surface area contributed by atoms with Gasteiger partial charge in [-0.05, 0) is 96.2 Å². The molecule has 0 aliphatic heterocycles. The molecule has 0 aliphatic carbocycles. The summed E-state index contributed by atoms with van der Waals surface area (Å²) in [5.74, 6) is -0.330. The number of nitrogens with zero attached hydrogens (tertiary/aromatic N) is 1. The number of ether oxygens (including phenoxy) is 1. The topological polar surface area (TPSA) is 75.7 Å². The van der Waals surface area contributed by atoms with Crippen LogP contribution in [0.3, 0.4) is 0 Å². The first-order valence-electron chi connectivity index (χ1n) is 9.73. The Labute approximate surface area is 200 Å². The van der Waals surface area contributed by atoms with Gasteiger partial charge in [-0.1, -0.05) is 0 Å². The van der Waals surface area contributed by atoms with Crippen LogP contribution in [0.5, 0.6) is 5.75 Å². The molecule has 0 radical (unpaired) electrons. The molecule has 0 fully saturated rings. The molecule has 0 spiro atoms. The largest absolute Gasteiger partial charge is 0.494 e. The average Bonchev–Trinajstić information content (AvgIpc) is 2.74. The van der Waals surface area contributed by atoms with Crippen LogP contribution in [0.25, 0.3) is 0 Å². The molecule has 0 aliphatic rings. The van der Waals surface area contributed by atoms with E-state index in [-0.39, 0.29) is 12.5 Å². The van der Waals surface area contributed by atoms with Gasteiger partial charge in [0.1, 0.15) is 11.6 Å². The maximum Gasteiger partial charge on any atom is 0.255 e. The molecule has 3 aromatic rings. The quantitative estimate of drug-likeness (QED) is 0.386. The molecule has 3 rings (SSSR count). The number of carbonyl (C=O) groups is 1. The molecule has 32 heavy (non-hydrogen) atoms. The van der Waals surface area contributed by atoms with E-state index < -0.39 is 15.8 Å². The predicted octanol–water partition coefficient (Wildman–Crippen LogP) is 5.05. The molecule has 9 heteroatoms. The van der Waals surface area contributed by atoms with E-state index in [0.29, 0.717) is 34.9 Å². The molecular weight excluding hydrogens is 546 g/mol. The minimum absolute atomic E-state index is 0.0789. The Balaban J connectivity index is 1.94. The maximum absolute atomic E-state index is 13.3. The molecule has 6 nitrogen and oxygen atoms in total. The highest BCUT2D eigenvalue weighted by atomic mass is 127. The Bertz CT molecular complexity index is 1200. The van der Waals surface area contributed by atoms with Crippen LogP contribution in [-0.4, -0.2) is 27.2 Å². The van der Waals surface area contributed by atoms with Gasteiger partial charge in [0.05, 0.1) is 25.1 Å². The van der Waals surface area contributed by atoms with Crippen molar-refractivity contribution in [3.8, 4) is 5.75 Å². The summed E-state index contributed by atoms with van der Waals surface area (Å²) in [6, 6.07) is 17.4. The van der Waals surface area contributed by atoms with Gasteiger partial charge >= 0.3 is 0 Å². The summed E-state index contributed by atoms with van der Waals surface area (Å²) < 4.78 is 46.2. The molecular formula is C23H22FIN2O4S. The Morgan fingerprint density at radius 3 is 2.31 bits per heavy atom. The van der Waals surface area contributed by atoms with Crippen LogP contribution in [0, 0.1) is 9.39 Å². The SMILES string of the molecule is CCOc1ccc(C(=O)Nc2ccc(I)cc2)cc1CN(c1ccc(F)cc1)S(C)(=O)=O. The molecule has 0 bridgehead atoms. The van der Waals surface area contributed by atoms with Crippen LogP contribution in [0.15, 0.2) is 66.7 Å². The van der Waals surface area contributed by atoms with Gasteiger partial charge in [-0.3, -0.25) is 9.10 Å². The molecule has 0 atom stereocenters.